The molecule has 0 saturated carbocycles. The van der Waals surface area contributed by atoms with Crippen molar-refractivity contribution in [3.05, 3.63) is 118 Å². The summed E-state index contributed by atoms with van der Waals surface area (Å²) in [6.07, 6.45) is 5.31. The van der Waals surface area contributed by atoms with E-state index in [9.17, 15) is 4.79 Å². The van der Waals surface area contributed by atoms with Gasteiger partial charge in [0.2, 0.25) is 0 Å². The predicted molar refractivity (Wildman–Crippen MR) is 146 cm³/mol. The van der Waals surface area contributed by atoms with E-state index < -0.39 is 0 Å². The van der Waals surface area contributed by atoms with E-state index in [1.165, 1.54) is 26.5 Å². The summed E-state index contributed by atoms with van der Waals surface area (Å²) in [5.41, 5.74) is 6.05. The van der Waals surface area contributed by atoms with Crippen LogP contribution in [0.4, 0.5) is 0 Å². The largest absolute Gasteiger partial charge is 0.272 e. The van der Waals surface area contributed by atoms with Crippen LogP contribution in [0.3, 0.4) is 0 Å². The molecule has 3 aromatic rings. The van der Waals surface area contributed by atoms with Gasteiger partial charge < -0.3 is 0 Å². The monoisotopic (exact) mass is 500 g/mol. The van der Waals surface area contributed by atoms with Crippen molar-refractivity contribution >= 4 is 45.2 Å². The number of benzene rings is 2. The lowest BCUT2D eigenvalue weighted by molar-refractivity contribution is 0.553. The zero-order valence-electron chi connectivity index (χ0n) is 19.1. The molecule has 0 unspecified atom stereocenters. The molecule has 34 heavy (non-hydrogen) atoms. The third kappa shape index (κ3) is 3.78. The second-order valence-corrected chi connectivity index (χ2v) is 12.4. The highest BCUT2D eigenvalue weighted by atomic mass is 32.2. The molecule has 0 saturated heterocycles. The Labute approximate surface area is 211 Å². The van der Waals surface area contributed by atoms with Crippen molar-refractivity contribution in [3.63, 3.8) is 0 Å². The maximum atomic E-state index is 13.9. The molecule has 0 N–H and O–H groups in total. The molecule has 0 fully saturated rings. The number of hydrogen-bond donors (Lipinski definition) is 0. The van der Waals surface area contributed by atoms with Gasteiger partial charge in [-0.3, -0.25) is 9.36 Å². The minimum absolute atomic E-state index is 0.0841. The average molecular weight is 501 g/mol. The van der Waals surface area contributed by atoms with Gasteiger partial charge in [-0.05, 0) is 71.3 Å². The van der Waals surface area contributed by atoms with Crippen LogP contribution in [0, 0.1) is 0 Å². The Morgan fingerprint density at radius 3 is 2.32 bits per heavy atom. The van der Waals surface area contributed by atoms with E-state index in [2.05, 4.69) is 68.5 Å². The minimum atomic E-state index is -0.104. The van der Waals surface area contributed by atoms with Crippen molar-refractivity contribution in [1.29, 1.82) is 0 Å². The van der Waals surface area contributed by atoms with Crippen LogP contribution in [0.15, 0.2) is 97.1 Å². The topological polar surface area (TPSA) is 34.4 Å². The van der Waals surface area contributed by atoms with Gasteiger partial charge in [-0.1, -0.05) is 95.5 Å². The van der Waals surface area contributed by atoms with E-state index in [4.69, 9.17) is 4.99 Å². The fourth-order valence-electron chi connectivity index (χ4n) is 4.80. The zero-order chi connectivity index (χ0) is 23.2. The van der Waals surface area contributed by atoms with Crippen LogP contribution in [0.1, 0.15) is 50.3 Å². The second-order valence-electron chi connectivity index (χ2n) is 8.73. The highest BCUT2D eigenvalue weighted by molar-refractivity contribution is 8.35. The SMILES string of the molecule is CC1=C(C)SC(=c2sc3n(c2=O)[C@H](c2ccccc2)C2=C(N=3)/C(=C/c3ccccc3)CCC2)S1. The lowest BCUT2D eigenvalue weighted by atomic mass is 9.84. The van der Waals surface area contributed by atoms with Gasteiger partial charge in [0.05, 0.1) is 16.0 Å². The Hall–Kier alpha value is -2.54. The number of nitrogens with zero attached hydrogens (tertiary/aromatic N) is 2. The van der Waals surface area contributed by atoms with Crippen LogP contribution in [-0.2, 0) is 0 Å². The first-order valence-electron chi connectivity index (χ1n) is 11.5. The summed E-state index contributed by atoms with van der Waals surface area (Å²) in [6.45, 7) is 4.26. The summed E-state index contributed by atoms with van der Waals surface area (Å²) in [6, 6.07) is 20.8. The quantitative estimate of drug-likeness (QED) is 0.405. The van der Waals surface area contributed by atoms with Crippen molar-refractivity contribution in [2.24, 2.45) is 4.99 Å². The Morgan fingerprint density at radius 1 is 0.941 bits per heavy atom. The van der Waals surface area contributed by atoms with Crippen LogP contribution in [-0.4, -0.2) is 4.57 Å². The molecule has 0 spiro atoms. The van der Waals surface area contributed by atoms with Crippen LogP contribution in [0.25, 0.3) is 10.3 Å². The lowest BCUT2D eigenvalue weighted by Crippen LogP contribution is -2.39. The first-order valence-corrected chi connectivity index (χ1v) is 14.0. The molecule has 1 aliphatic carbocycles. The number of rotatable bonds is 2. The van der Waals surface area contributed by atoms with Crippen molar-refractivity contribution in [3.8, 4) is 0 Å². The van der Waals surface area contributed by atoms with Crippen molar-refractivity contribution < 1.29 is 0 Å². The summed E-state index contributed by atoms with van der Waals surface area (Å²) in [5.74, 6) is 0. The summed E-state index contributed by atoms with van der Waals surface area (Å²) in [7, 11) is 0. The number of aromatic nitrogens is 1. The number of fused-ring (bicyclic) bond motifs is 1. The Kier molecular flexibility index (Phi) is 5.76. The first kappa shape index (κ1) is 22.0. The molecule has 0 bridgehead atoms. The van der Waals surface area contributed by atoms with E-state index in [1.807, 2.05) is 16.7 Å². The maximum Gasteiger partial charge on any atom is 0.272 e. The van der Waals surface area contributed by atoms with E-state index in [-0.39, 0.29) is 11.6 Å². The predicted octanol–water partition coefficient (Wildman–Crippen LogP) is 6.45. The Morgan fingerprint density at radius 2 is 1.62 bits per heavy atom. The summed E-state index contributed by atoms with van der Waals surface area (Å²) in [4.78, 5) is 22.4. The fraction of sp³-hybridized carbons (Fsp3) is 0.214. The molecule has 0 amide bonds. The molecule has 3 heterocycles. The highest BCUT2D eigenvalue weighted by Crippen LogP contribution is 2.49. The van der Waals surface area contributed by atoms with E-state index in [0.717, 1.165) is 44.1 Å². The van der Waals surface area contributed by atoms with Crippen LogP contribution in [0.2, 0.25) is 0 Å². The number of allylic oxidation sites excluding steroid dienone is 4. The van der Waals surface area contributed by atoms with Gasteiger partial charge in [0.1, 0.15) is 4.53 Å². The molecular formula is C28H24N2OS3. The van der Waals surface area contributed by atoms with Crippen LogP contribution in [0.5, 0.6) is 0 Å². The molecule has 3 nitrogen and oxygen atoms in total. The van der Waals surface area contributed by atoms with Gasteiger partial charge in [0, 0.05) is 0 Å². The van der Waals surface area contributed by atoms with Gasteiger partial charge in [-0.25, -0.2) is 4.99 Å². The molecule has 6 rings (SSSR count). The molecule has 2 aliphatic heterocycles. The van der Waals surface area contributed by atoms with Gasteiger partial charge >= 0.3 is 0 Å². The molecule has 0 radical (unpaired) electrons. The van der Waals surface area contributed by atoms with E-state index in [1.54, 1.807) is 34.9 Å². The average Bonchev–Trinajstić information content (AvgIpc) is 3.37. The number of hydrogen-bond acceptors (Lipinski definition) is 5. The van der Waals surface area contributed by atoms with Crippen LogP contribution < -0.4 is 14.9 Å². The molecule has 3 aliphatic rings. The van der Waals surface area contributed by atoms with Gasteiger partial charge in [0.15, 0.2) is 4.80 Å². The third-order valence-electron chi connectivity index (χ3n) is 6.54. The first-order chi connectivity index (χ1) is 16.6. The van der Waals surface area contributed by atoms with Crippen molar-refractivity contribution in [2.75, 3.05) is 0 Å². The highest BCUT2D eigenvalue weighted by Gasteiger charge is 2.33. The molecule has 2 aromatic carbocycles. The standard InChI is InChI=1S/C28H24N2OS3/c1-17-18(2)33-27(32-17)25-26(31)30-24(20-12-7-4-8-13-20)22-15-9-14-21(23(22)29-28(30)34-25)16-19-10-5-3-6-11-19/h3-8,10-13,16,24H,9,14-15H2,1-2H3/b21-16+/t24-/m1/s1. The molecule has 1 atom stereocenters. The van der Waals surface area contributed by atoms with E-state index in [0.29, 0.717) is 0 Å². The summed E-state index contributed by atoms with van der Waals surface area (Å²) in [5, 5.41) is 0. The lowest BCUT2D eigenvalue weighted by Gasteiger charge is -2.31. The fourth-order valence-corrected chi connectivity index (χ4v) is 8.54. The Bertz CT molecular complexity index is 1540. The minimum Gasteiger partial charge on any atom is -0.272 e. The van der Waals surface area contributed by atoms with Gasteiger partial charge in [-0.2, -0.15) is 0 Å². The molecule has 170 valence electrons. The zero-order valence-corrected chi connectivity index (χ0v) is 21.5. The molecule has 6 heteroatoms. The van der Waals surface area contributed by atoms with Crippen molar-refractivity contribution in [2.45, 2.75) is 39.2 Å². The second kappa shape index (κ2) is 8.91. The van der Waals surface area contributed by atoms with Crippen molar-refractivity contribution in [1.82, 2.24) is 4.57 Å². The molecule has 1 aromatic heterocycles. The number of thiazole rings is 1. The van der Waals surface area contributed by atoms with Gasteiger partial charge in [0.25, 0.3) is 5.56 Å². The summed E-state index contributed by atoms with van der Waals surface area (Å²) < 4.78 is 3.86. The van der Waals surface area contributed by atoms with Gasteiger partial charge in [-0.15, -0.1) is 0 Å². The number of thioether (sulfide) groups is 2. The maximum absolute atomic E-state index is 13.9. The van der Waals surface area contributed by atoms with Crippen LogP contribution >= 0.6 is 34.9 Å². The Balaban J connectivity index is 1.60. The summed E-state index contributed by atoms with van der Waals surface area (Å²) >= 11 is 4.98. The normalized spacial score (nSPS) is 21.1. The van der Waals surface area contributed by atoms with E-state index >= 15 is 0 Å². The molecular weight excluding hydrogens is 477 g/mol. The smallest absolute Gasteiger partial charge is 0.272 e. The third-order valence-corrected chi connectivity index (χ3v) is 10.5.